The fraction of sp³-hybridized carbons (Fsp3) is 0.333. The number of nitrogens with zero attached hydrogens (tertiary/aromatic N) is 1. The molecule has 1 unspecified atom stereocenters. The second-order valence-corrected chi connectivity index (χ2v) is 6.03. The van der Waals surface area contributed by atoms with E-state index in [9.17, 15) is 0 Å². The molecule has 0 saturated carbocycles. The van der Waals surface area contributed by atoms with Crippen LogP contribution in [0.5, 0.6) is 0 Å². The molecule has 2 aromatic rings. The Hall–Kier alpha value is -1.51. The predicted molar refractivity (Wildman–Crippen MR) is 91.9 cm³/mol. The molecule has 0 aliphatic carbocycles. The Morgan fingerprint density at radius 3 is 2.14 bits per heavy atom. The van der Waals surface area contributed by atoms with Gasteiger partial charge in [-0.2, -0.15) is 0 Å². The first-order chi connectivity index (χ1) is 10.1. The van der Waals surface area contributed by atoms with Crippen molar-refractivity contribution in [3.63, 3.8) is 0 Å². The van der Waals surface area contributed by atoms with Gasteiger partial charge in [0.05, 0.1) is 6.04 Å². The van der Waals surface area contributed by atoms with Crippen LogP contribution in [0.2, 0.25) is 5.02 Å². The number of halogens is 1. The van der Waals surface area contributed by atoms with Crippen LogP contribution in [0.25, 0.3) is 0 Å². The molecule has 2 aromatic carbocycles. The zero-order valence-corrected chi connectivity index (χ0v) is 13.7. The van der Waals surface area contributed by atoms with E-state index in [0.29, 0.717) is 6.04 Å². The Morgan fingerprint density at radius 1 is 1.00 bits per heavy atom. The third-order valence-electron chi connectivity index (χ3n) is 3.47. The number of rotatable bonds is 6. The van der Waals surface area contributed by atoms with Crippen molar-refractivity contribution >= 4 is 17.3 Å². The number of nitrogens with one attached hydrogen (secondary N) is 1. The fourth-order valence-electron chi connectivity index (χ4n) is 2.39. The standard InChI is InChI=1S/C18H23ClN2/c1-4-18(15-7-9-16(19)10-8-15)20-17-11-5-14(6-12-17)13-21(2)3/h5-12,18,20H,4,13H2,1-3H3. The van der Waals surface area contributed by atoms with Crippen LogP contribution in [0.1, 0.15) is 30.5 Å². The minimum Gasteiger partial charge on any atom is -0.378 e. The minimum absolute atomic E-state index is 0.307. The van der Waals surface area contributed by atoms with Gasteiger partial charge < -0.3 is 10.2 Å². The van der Waals surface area contributed by atoms with Crippen LogP contribution in [0.3, 0.4) is 0 Å². The summed E-state index contributed by atoms with van der Waals surface area (Å²) in [7, 11) is 4.17. The second kappa shape index (κ2) is 7.48. The molecule has 0 fully saturated rings. The molecule has 1 atom stereocenters. The van der Waals surface area contributed by atoms with Crippen LogP contribution < -0.4 is 5.32 Å². The largest absolute Gasteiger partial charge is 0.378 e. The SMILES string of the molecule is CCC(Nc1ccc(CN(C)C)cc1)c1ccc(Cl)cc1. The maximum atomic E-state index is 5.95. The van der Waals surface area contributed by atoms with E-state index in [4.69, 9.17) is 11.6 Å². The number of benzene rings is 2. The highest BCUT2D eigenvalue weighted by molar-refractivity contribution is 6.30. The predicted octanol–water partition coefficient (Wildman–Crippen LogP) is 4.96. The normalized spacial score (nSPS) is 12.4. The Morgan fingerprint density at radius 2 is 1.62 bits per heavy atom. The van der Waals surface area contributed by atoms with E-state index >= 15 is 0 Å². The monoisotopic (exact) mass is 302 g/mol. The highest BCUT2D eigenvalue weighted by atomic mass is 35.5. The summed E-state index contributed by atoms with van der Waals surface area (Å²) >= 11 is 5.95. The average Bonchev–Trinajstić information content (AvgIpc) is 2.47. The van der Waals surface area contributed by atoms with Crippen molar-refractivity contribution in [3.05, 3.63) is 64.7 Å². The molecule has 0 spiro atoms. The number of anilines is 1. The zero-order valence-electron chi connectivity index (χ0n) is 12.9. The van der Waals surface area contributed by atoms with Gasteiger partial charge in [-0.1, -0.05) is 42.8 Å². The summed E-state index contributed by atoms with van der Waals surface area (Å²) in [6.07, 6.45) is 1.03. The molecule has 0 radical (unpaired) electrons. The molecule has 112 valence electrons. The van der Waals surface area contributed by atoms with Crippen molar-refractivity contribution in [2.75, 3.05) is 19.4 Å². The molecule has 3 heteroatoms. The fourth-order valence-corrected chi connectivity index (χ4v) is 2.51. The summed E-state index contributed by atoms with van der Waals surface area (Å²) in [4.78, 5) is 2.17. The lowest BCUT2D eigenvalue weighted by Gasteiger charge is -2.19. The second-order valence-electron chi connectivity index (χ2n) is 5.59. The van der Waals surface area contributed by atoms with Crippen molar-refractivity contribution in [2.24, 2.45) is 0 Å². The topological polar surface area (TPSA) is 15.3 Å². The van der Waals surface area contributed by atoms with Crippen molar-refractivity contribution < 1.29 is 0 Å². The van der Waals surface area contributed by atoms with Gasteiger partial charge in [0.15, 0.2) is 0 Å². The highest BCUT2D eigenvalue weighted by Crippen LogP contribution is 2.24. The molecule has 21 heavy (non-hydrogen) atoms. The Kier molecular flexibility index (Phi) is 5.66. The molecular formula is C18H23ClN2. The molecule has 0 aromatic heterocycles. The van der Waals surface area contributed by atoms with Gasteiger partial charge in [0, 0.05) is 17.3 Å². The lowest BCUT2D eigenvalue weighted by atomic mass is 10.0. The van der Waals surface area contributed by atoms with Gasteiger partial charge in [-0.15, -0.1) is 0 Å². The van der Waals surface area contributed by atoms with Gasteiger partial charge in [0.2, 0.25) is 0 Å². The average molecular weight is 303 g/mol. The van der Waals surface area contributed by atoms with Crippen LogP contribution in [0.4, 0.5) is 5.69 Å². The van der Waals surface area contributed by atoms with Gasteiger partial charge in [-0.25, -0.2) is 0 Å². The van der Waals surface area contributed by atoms with Crippen molar-refractivity contribution in [2.45, 2.75) is 25.9 Å². The molecule has 2 rings (SSSR count). The first-order valence-electron chi connectivity index (χ1n) is 7.34. The maximum Gasteiger partial charge on any atom is 0.0511 e. The van der Waals surface area contributed by atoms with Crippen LogP contribution in [-0.4, -0.2) is 19.0 Å². The summed E-state index contributed by atoms with van der Waals surface area (Å²) in [6, 6.07) is 17.0. The van der Waals surface area contributed by atoms with Crippen molar-refractivity contribution in [1.29, 1.82) is 0 Å². The van der Waals surface area contributed by atoms with E-state index in [-0.39, 0.29) is 0 Å². The van der Waals surface area contributed by atoms with Crippen LogP contribution >= 0.6 is 11.6 Å². The Labute approximate surface area is 132 Å². The first-order valence-corrected chi connectivity index (χ1v) is 7.72. The smallest absolute Gasteiger partial charge is 0.0511 e. The van der Waals surface area contributed by atoms with E-state index in [2.05, 4.69) is 67.6 Å². The van der Waals surface area contributed by atoms with Crippen molar-refractivity contribution in [1.82, 2.24) is 4.90 Å². The van der Waals surface area contributed by atoms with E-state index in [1.165, 1.54) is 11.1 Å². The summed E-state index contributed by atoms with van der Waals surface area (Å²) in [5.74, 6) is 0. The Bertz CT molecular complexity index is 546. The van der Waals surface area contributed by atoms with E-state index < -0.39 is 0 Å². The lowest BCUT2D eigenvalue weighted by Crippen LogP contribution is -2.11. The van der Waals surface area contributed by atoms with E-state index in [1.54, 1.807) is 0 Å². The molecule has 1 N–H and O–H groups in total. The molecule has 0 aliphatic rings. The van der Waals surface area contributed by atoms with Crippen LogP contribution in [0, 0.1) is 0 Å². The highest BCUT2D eigenvalue weighted by Gasteiger charge is 2.09. The molecule has 0 heterocycles. The summed E-state index contributed by atoms with van der Waals surface area (Å²) < 4.78 is 0. The molecular weight excluding hydrogens is 280 g/mol. The van der Waals surface area contributed by atoms with Crippen LogP contribution in [-0.2, 0) is 6.54 Å². The van der Waals surface area contributed by atoms with Gasteiger partial charge in [0.1, 0.15) is 0 Å². The lowest BCUT2D eigenvalue weighted by molar-refractivity contribution is 0.402. The number of hydrogen-bond donors (Lipinski definition) is 1. The van der Waals surface area contributed by atoms with Crippen molar-refractivity contribution in [3.8, 4) is 0 Å². The van der Waals surface area contributed by atoms with E-state index in [1.807, 2.05) is 12.1 Å². The summed E-state index contributed by atoms with van der Waals surface area (Å²) in [5, 5.41) is 4.37. The third-order valence-corrected chi connectivity index (χ3v) is 3.73. The first kappa shape index (κ1) is 15.9. The van der Waals surface area contributed by atoms with Gasteiger partial charge in [0.25, 0.3) is 0 Å². The van der Waals surface area contributed by atoms with Crippen LogP contribution in [0.15, 0.2) is 48.5 Å². The minimum atomic E-state index is 0.307. The quantitative estimate of drug-likeness (QED) is 0.811. The summed E-state index contributed by atoms with van der Waals surface area (Å²) in [6.45, 7) is 3.15. The molecule has 0 saturated heterocycles. The molecule has 0 bridgehead atoms. The Balaban J connectivity index is 2.06. The molecule has 0 aliphatic heterocycles. The molecule has 0 amide bonds. The van der Waals surface area contributed by atoms with Gasteiger partial charge in [-0.3, -0.25) is 0 Å². The maximum absolute atomic E-state index is 5.95. The zero-order chi connectivity index (χ0) is 15.2. The molecule has 2 nitrogen and oxygen atoms in total. The number of hydrogen-bond acceptors (Lipinski definition) is 2. The third kappa shape index (κ3) is 4.76. The van der Waals surface area contributed by atoms with E-state index in [0.717, 1.165) is 23.7 Å². The van der Waals surface area contributed by atoms with Gasteiger partial charge in [-0.05, 0) is 55.9 Å². The summed E-state index contributed by atoms with van der Waals surface area (Å²) in [5.41, 5.74) is 3.74. The van der Waals surface area contributed by atoms with Gasteiger partial charge >= 0.3 is 0 Å².